The van der Waals surface area contributed by atoms with Crippen LogP contribution in [0.5, 0.6) is 0 Å². The number of hydrogen-bond donors (Lipinski definition) is 2. The molecule has 0 bridgehead atoms. The normalized spacial score (nSPS) is 20.2. The first kappa shape index (κ1) is 24.0. The largest absolute Gasteiger partial charge is 0.373 e. The fraction of sp³-hybridized carbons (Fsp3) is 0.524. The van der Waals surface area contributed by atoms with Crippen molar-refractivity contribution in [2.45, 2.75) is 52.6 Å². The lowest BCUT2D eigenvalue weighted by Gasteiger charge is -2.35. The van der Waals surface area contributed by atoms with E-state index in [0.29, 0.717) is 18.8 Å². The van der Waals surface area contributed by atoms with Gasteiger partial charge >= 0.3 is 0 Å². The molecule has 0 spiro atoms. The second kappa shape index (κ2) is 11.8. The average molecular weight is 529 g/mol. The molecule has 1 aliphatic rings. The van der Waals surface area contributed by atoms with Crippen LogP contribution in [0.15, 0.2) is 35.5 Å². The van der Waals surface area contributed by atoms with Crippen LogP contribution in [0.2, 0.25) is 0 Å². The molecule has 29 heavy (non-hydrogen) atoms. The van der Waals surface area contributed by atoms with Crippen molar-refractivity contribution in [3.63, 3.8) is 0 Å². The highest BCUT2D eigenvalue weighted by molar-refractivity contribution is 14.0. The topological polar surface area (TPSA) is 61.8 Å². The Labute approximate surface area is 195 Å². The Bertz CT molecular complexity index is 770. The highest BCUT2D eigenvalue weighted by Crippen LogP contribution is 2.15. The number of thiazole rings is 1. The van der Waals surface area contributed by atoms with Gasteiger partial charge in [0.05, 0.1) is 18.8 Å². The molecular weight excluding hydrogens is 497 g/mol. The Morgan fingerprint density at radius 1 is 1.14 bits per heavy atom. The molecule has 6 nitrogen and oxygen atoms in total. The molecule has 160 valence electrons. The summed E-state index contributed by atoms with van der Waals surface area (Å²) in [6.07, 6.45) is 2.51. The van der Waals surface area contributed by atoms with Gasteiger partial charge in [0.2, 0.25) is 0 Å². The van der Waals surface area contributed by atoms with E-state index >= 15 is 0 Å². The van der Waals surface area contributed by atoms with Gasteiger partial charge in [-0.25, -0.2) is 4.98 Å². The summed E-state index contributed by atoms with van der Waals surface area (Å²) < 4.78 is 5.82. The Hall–Kier alpha value is -1.23. The zero-order valence-corrected chi connectivity index (χ0v) is 20.8. The molecule has 8 heteroatoms. The minimum Gasteiger partial charge on any atom is -0.373 e. The first-order valence-corrected chi connectivity index (χ1v) is 10.6. The molecule has 0 saturated carbocycles. The molecule has 2 N–H and O–H groups in total. The van der Waals surface area contributed by atoms with E-state index in [9.17, 15) is 0 Å². The van der Waals surface area contributed by atoms with Gasteiger partial charge in [-0.05, 0) is 31.9 Å². The van der Waals surface area contributed by atoms with Crippen molar-refractivity contribution in [3.8, 4) is 0 Å². The predicted octanol–water partition coefficient (Wildman–Crippen LogP) is 3.54. The third kappa shape index (κ3) is 7.84. The average Bonchev–Trinajstić information content (AvgIpc) is 3.07. The first-order valence-electron chi connectivity index (χ1n) is 9.83. The lowest BCUT2D eigenvalue weighted by Crippen LogP contribution is -2.44. The molecule has 1 fully saturated rings. The fourth-order valence-electron chi connectivity index (χ4n) is 3.48. The molecule has 2 heterocycles. The minimum atomic E-state index is 0. The summed E-state index contributed by atoms with van der Waals surface area (Å²) in [6.45, 7) is 10.8. The molecule has 2 atom stereocenters. The van der Waals surface area contributed by atoms with Crippen LogP contribution in [0.1, 0.15) is 34.9 Å². The molecule has 1 aromatic heterocycles. The molecule has 1 aliphatic heterocycles. The van der Waals surface area contributed by atoms with Crippen LogP contribution in [0.4, 0.5) is 0 Å². The Balaban J connectivity index is 0.00000300. The van der Waals surface area contributed by atoms with Crippen molar-refractivity contribution < 1.29 is 4.74 Å². The van der Waals surface area contributed by atoms with Crippen LogP contribution < -0.4 is 10.6 Å². The van der Waals surface area contributed by atoms with Crippen molar-refractivity contribution in [2.75, 3.05) is 20.1 Å². The maximum atomic E-state index is 5.82. The zero-order chi connectivity index (χ0) is 19.9. The molecular formula is C21H32IN5OS. The number of benzene rings is 1. The number of morpholine rings is 1. The summed E-state index contributed by atoms with van der Waals surface area (Å²) in [7, 11) is 1.79. The Morgan fingerprint density at radius 3 is 2.34 bits per heavy atom. The molecule has 1 aromatic carbocycles. The van der Waals surface area contributed by atoms with Gasteiger partial charge in [-0.2, -0.15) is 0 Å². The molecule has 0 amide bonds. The summed E-state index contributed by atoms with van der Waals surface area (Å²) in [5, 5.41) is 7.74. The third-order valence-corrected chi connectivity index (χ3v) is 5.60. The smallest absolute Gasteiger partial charge is 0.191 e. The Morgan fingerprint density at radius 2 is 1.76 bits per heavy atom. The van der Waals surface area contributed by atoms with E-state index in [1.54, 1.807) is 18.4 Å². The van der Waals surface area contributed by atoms with Crippen LogP contribution >= 0.6 is 35.3 Å². The predicted molar refractivity (Wildman–Crippen MR) is 131 cm³/mol. The van der Waals surface area contributed by atoms with E-state index in [-0.39, 0.29) is 24.0 Å². The van der Waals surface area contributed by atoms with Crippen molar-refractivity contribution in [1.29, 1.82) is 0 Å². The number of ether oxygens (including phenoxy) is 1. The maximum Gasteiger partial charge on any atom is 0.191 e. The monoisotopic (exact) mass is 529 g/mol. The zero-order valence-electron chi connectivity index (χ0n) is 17.6. The van der Waals surface area contributed by atoms with Crippen molar-refractivity contribution in [2.24, 2.45) is 4.99 Å². The van der Waals surface area contributed by atoms with E-state index in [2.05, 4.69) is 70.5 Å². The number of nitrogens with one attached hydrogen (secondary N) is 2. The van der Waals surface area contributed by atoms with E-state index < -0.39 is 0 Å². The van der Waals surface area contributed by atoms with E-state index in [4.69, 9.17) is 4.74 Å². The number of hydrogen-bond acceptors (Lipinski definition) is 5. The van der Waals surface area contributed by atoms with E-state index in [1.807, 2.05) is 6.20 Å². The Kier molecular flexibility index (Phi) is 9.81. The van der Waals surface area contributed by atoms with Crippen molar-refractivity contribution in [1.82, 2.24) is 20.5 Å². The second-order valence-corrected chi connectivity index (χ2v) is 8.73. The van der Waals surface area contributed by atoms with E-state index in [0.717, 1.165) is 37.1 Å². The highest BCUT2D eigenvalue weighted by Gasteiger charge is 2.21. The summed E-state index contributed by atoms with van der Waals surface area (Å²) in [5.74, 6) is 0.785. The van der Waals surface area contributed by atoms with Gasteiger partial charge in [0.15, 0.2) is 5.96 Å². The number of halogens is 1. The maximum absolute atomic E-state index is 5.82. The van der Waals surface area contributed by atoms with Crippen LogP contribution in [-0.2, 0) is 24.4 Å². The fourth-order valence-corrected chi connectivity index (χ4v) is 4.21. The molecule has 1 saturated heterocycles. The quantitative estimate of drug-likeness (QED) is 0.341. The first-order chi connectivity index (χ1) is 13.5. The number of guanidine groups is 1. The molecule has 0 radical (unpaired) electrons. The van der Waals surface area contributed by atoms with Crippen LogP contribution in [0.3, 0.4) is 0 Å². The van der Waals surface area contributed by atoms with Crippen LogP contribution in [0, 0.1) is 6.92 Å². The summed E-state index contributed by atoms with van der Waals surface area (Å²) in [5.41, 5.74) is 2.58. The van der Waals surface area contributed by atoms with Gasteiger partial charge in [-0.1, -0.05) is 24.3 Å². The molecule has 0 aliphatic carbocycles. The summed E-state index contributed by atoms with van der Waals surface area (Å²) >= 11 is 1.70. The number of aliphatic imine (C=N–C) groups is 1. The van der Waals surface area contributed by atoms with Gasteiger partial charge < -0.3 is 15.4 Å². The number of aryl methyl sites for hydroxylation is 1. The molecule has 2 aromatic rings. The van der Waals surface area contributed by atoms with Crippen LogP contribution in [-0.4, -0.2) is 48.2 Å². The van der Waals surface area contributed by atoms with E-state index in [1.165, 1.54) is 16.0 Å². The SMILES string of the molecule is CN=C(NCc1ccc(CN2CC(C)OC(C)C2)cc1)NCc1ncc(C)s1.I. The van der Waals surface area contributed by atoms with Crippen molar-refractivity contribution in [3.05, 3.63) is 51.5 Å². The highest BCUT2D eigenvalue weighted by atomic mass is 127. The van der Waals surface area contributed by atoms with Gasteiger partial charge in [0.25, 0.3) is 0 Å². The van der Waals surface area contributed by atoms with Crippen LogP contribution in [0.25, 0.3) is 0 Å². The van der Waals surface area contributed by atoms with Gasteiger partial charge in [-0.15, -0.1) is 35.3 Å². The second-order valence-electron chi connectivity index (χ2n) is 7.41. The molecule has 3 rings (SSSR count). The third-order valence-electron chi connectivity index (χ3n) is 4.68. The summed E-state index contributed by atoms with van der Waals surface area (Å²) in [4.78, 5) is 12.3. The minimum absolute atomic E-state index is 0. The van der Waals surface area contributed by atoms with Gasteiger partial charge in [0, 0.05) is 44.3 Å². The number of aromatic nitrogens is 1. The number of rotatable bonds is 6. The number of nitrogens with zero attached hydrogens (tertiary/aromatic N) is 3. The van der Waals surface area contributed by atoms with Gasteiger partial charge in [0.1, 0.15) is 5.01 Å². The summed E-state index contributed by atoms with van der Waals surface area (Å²) in [6, 6.07) is 8.81. The standard InChI is InChI=1S/C21H31N5OS.HI/c1-15-12-26(13-16(2)27-15)14-19-7-5-18(6-8-19)10-24-21(22-4)25-11-20-23-9-17(3)28-20;/h5-9,15-16H,10-14H2,1-4H3,(H2,22,24,25);1H. The van der Waals surface area contributed by atoms with Crippen molar-refractivity contribution >= 4 is 41.3 Å². The lowest BCUT2D eigenvalue weighted by atomic mass is 10.1. The molecule has 2 unspecified atom stereocenters. The van der Waals surface area contributed by atoms with Gasteiger partial charge in [-0.3, -0.25) is 9.89 Å². The lowest BCUT2D eigenvalue weighted by molar-refractivity contribution is -0.0704.